The van der Waals surface area contributed by atoms with Gasteiger partial charge in [-0.05, 0) is 6.07 Å². The van der Waals surface area contributed by atoms with E-state index in [1.807, 2.05) is 0 Å². The Hall–Kier alpha value is -2.22. The van der Waals surface area contributed by atoms with E-state index in [-0.39, 0.29) is 16.9 Å². The van der Waals surface area contributed by atoms with E-state index in [4.69, 9.17) is 0 Å². The first-order valence-electron chi connectivity index (χ1n) is 5.96. The Morgan fingerprint density at radius 2 is 1.90 bits per heavy atom. The van der Waals surface area contributed by atoms with E-state index >= 15 is 0 Å². The number of aromatic amines is 2. The van der Waals surface area contributed by atoms with Gasteiger partial charge in [0.1, 0.15) is 11.6 Å². The zero-order valence-corrected chi connectivity index (χ0v) is 11.2. The predicted octanol–water partition coefficient (Wildman–Crippen LogP) is 1.76. The lowest BCUT2D eigenvalue weighted by Gasteiger charge is -2.23. The van der Waals surface area contributed by atoms with Gasteiger partial charge in [0.15, 0.2) is 5.78 Å². The molecule has 5 nitrogen and oxygen atoms in total. The number of rotatable bonds is 1. The van der Waals surface area contributed by atoms with Gasteiger partial charge in [-0.2, -0.15) is 0 Å². The first-order chi connectivity index (χ1) is 9.95. The van der Waals surface area contributed by atoms with Gasteiger partial charge in [-0.1, -0.05) is 0 Å². The van der Waals surface area contributed by atoms with Crippen LogP contribution in [0.1, 0.15) is 27.7 Å². The molecule has 0 aliphatic carbocycles. The third kappa shape index (κ3) is 2.42. The third-order valence-electron chi connectivity index (χ3n) is 3.11. The molecule has 0 saturated carbocycles. The van der Waals surface area contributed by atoms with E-state index in [0.717, 1.165) is 17.8 Å². The zero-order chi connectivity index (χ0) is 15.1. The highest BCUT2D eigenvalue weighted by Gasteiger charge is 2.30. The second-order valence-corrected chi connectivity index (χ2v) is 5.74. The van der Waals surface area contributed by atoms with E-state index in [9.17, 15) is 23.2 Å². The van der Waals surface area contributed by atoms with Crippen molar-refractivity contribution in [1.82, 2.24) is 9.97 Å². The van der Waals surface area contributed by atoms with Crippen LogP contribution in [0.15, 0.2) is 32.8 Å². The van der Waals surface area contributed by atoms with Gasteiger partial charge in [-0.25, -0.2) is 8.78 Å². The van der Waals surface area contributed by atoms with Crippen molar-refractivity contribution in [3.8, 4) is 0 Å². The molecule has 2 aromatic rings. The maximum absolute atomic E-state index is 13.8. The van der Waals surface area contributed by atoms with Crippen LogP contribution in [-0.4, -0.2) is 15.8 Å². The average Bonchev–Trinajstić information content (AvgIpc) is 2.43. The van der Waals surface area contributed by atoms with Crippen LogP contribution in [0.25, 0.3) is 0 Å². The Balaban J connectivity index is 2.05. The summed E-state index contributed by atoms with van der Waals surface area (Å²) >= 11 is 1.01. The molecule has 2 N–H and O–H groups in total. The topological polar surface area (TPSA) is 82.8 Å². The van der Waals surface area contributed by atoms with Gasteiger partial charge >= 0.3 is 11.1 Å². The Labute approximate surface area is 120 Å². The smallest absolute Gasteiger partial charge is 0.313 e. The quantitative estimate of drug-likeness (QED) is 0.786. The molecule has 1 aliphatic rings. The molecule has 108 valence electrons. The van der Waals surface area contributed by atoms with E-state index in [1.165, 1.54) is 6.20 Å². The molecule has 1 atom stereocenters. The molecule has 2 heterocycles. The van der Waals surface area contributed by atoms with Crippen LogP contribution < -0.4 is 11.1 Å². The van der Waals surface area contributed by atoms with Gasteiger partial charge in [-0.3, -0.25) is 14.4 Å². The number of carbonyl (C=O) groups excluding carboxylic acids is 1. The fourth-order valence-corrected chi connectivity index (χ4v) is 3.37. The van der Waals surface area contributed by atoms with Crippen molar-refractivity contribution in [1.29, 1.82) is 0 Å². The standard InChI is InChI=1S/C13H8F2N2O3S/c14-5-1-6-9(18)3-10(21-11(6)7(15)2-5)8-4-16-12(19)13(20)17-8/h1-2,4,10H,3H2,(H,16,19)(H,17,20). The van der Waals surface area contributed by atoms with Crippen LogP contribution in [-0.2, 0) is 0 Å². The Morgan fingerprint density at radius 1 is 1.14 bits per heavy atom. The number of carbonyl (C=O) groups is 1. The number of benzene rings is 1. The Kier molecular flexibility index (Phi) is 3.25. The third-order valence-corrected chi connectivity index (χ3v) is 4.47. The fourth-order valence-electron chi connectivity index (χ4n) is 2.13. The van der Waals surface area contributed by atoms with Crippen molar-refractivity contribution in [3.05, 3.63) is 61.9 Å². The summed E-state index contributed by atoms with van der Waals surface area (Å²) < 4.78 is 27.0. The lowest BCUT2D eigenvalue weighted by molar-refractivity contribution is 0.0974. The van der Waals surface area contributed by atoms with Crippen LogP contribution in [0.5, 0.6) is 0 Å². The summed E-state index contributed by atoms with van der Waals surface area (Å²) in [5.41, 5.74) is -1.33. The molecule has 0 radical (unpaired) electrons. The number of hydrogen-bond donors (Lipinski definition) is 2. The van der Waals surface area contributed by atoms with Crippen molar-refractivity contribution in [3.63, 3.8) is 0 Å². The molecule has 0 spiro atoms. The molecule has 1 unspecified atom stereocenters. The van der Waals surface area contributed by atoms with Crippen molar-refractivity contribution < 1.29 is 13.6 Å². The molecule has 0 amide bonds. The summed E-state index contributed by atoms with van der Waals surface area (Å²) in [6, 6.07) is 1.71. The number of H-pyrrole nitrogens is 2. The highest BCUT2D eigenvalue weighted by Crippen LogP contribution is 2.44. The van der Waals surface area contributed by atoms with E-state index < -0.39 is 33.8 Å². The molecule has 21 heavy (non-hydrogen) atoms. The minimum absolute atomic E-state index is 0.000483. The molecule has 1 aromatic heterocycles. The van der Waals surface area contributed by atoms with E-state index in [0.29, 0.717) is 11.8 Å². The van der Waals surface area contributed by atoms with Gasteiger partial charge in [0.2, 0.25) is 0 Å². The maximum Gasteiger partial charge on any atom is 0.313 e. The second-order valence-electron chi connectivity index (χ2n) is 4.53. The molecule has 1 aromatic carbocycles. The van der Waals surface area contributed by atoms with Crippen molar-refractivity contribution in [2.24, 2.45) is 0 Å². The largest absolute Gasteiger partial charge is 0.323 e. The van der Waals surface area contributed by atoms with Gasteiger partial charge < -0.3 is 9.97 Å². The first-order valence-corrected chi connectivity index (χ1v) is 6.84. The lowest BCUT2D eigenvalue weighted by Crippen LogP contribution is -2.30. The number of Topliss-reactive ketones (excluding diaryl/α,β-unsaturated/α-hetero) is 1. The van der Waals surface area contributed by atoms with Crippen LogP contribution in [0.2, 0.25) is 0 Å². The molecular weight excluding hydrogens is 302 g/mol. The molecule has 3 rings (SSSR count). The summed E-state index contributed by atoms with van der Waals surface area (Å²) in [6.07, 6.45) is 1.25. The van der Waals surface area contributed by atoms with Gasteiger partial charge in [0.25, 0.3) is 0 Å². The number of thioether (sulfide) groups is 1. The maximum atomic E-state index is 13.8. The SMILES string of the molecule is O=C1CC(c2c[nH]c(=O)c(=O)[nH]2)Sc2c(F)cc(F)cc21. The predicted molar refractivity (Wildman–Crippen MR) is 71.6 cm³/mol. The van der Waals surface area contributed by atoms with Crippen LogP contribution in [0.3, 0.4) is 0 Å². The molecule has 8 heteroatoms. The molecular formula is C13H8F2N2O3S. The summed E-state index contributed by atoms with van der Waals surface area (Å²) in [5, 5.41) is -0.547. The molecule has 1 aliphatic heterocycles. The van der Waals surface area contributed by atoms with Gasteiger partial charge in [0, 0.05) is 29.9 Å². The number of nitrogens with one attached hydrogen (secondary N) is 2. The van der Waals surface area contributed by atoms with E-state index in [1.54, 1.807) is 0 Å². The normalized spacial score (nSPS) is 17.6. The van der Waals surface area contributed by atoms with Crippen LogP contribution in [0.4, 0.5) is 8.78 Å². The Morgan fingerprint density at radius 3 is 2.62 bits per heavy atom. The highest BCUT2D eigenvalue weighted by atomic mass is 32.2. The highest BCUT2D eigenvalue weighted by molar-refractivity contribution is 7.99. The van der Waals surface area contributed by atoms with Gasteiger partial charge in [-0.15, -0.1) is 11.8 Å². The fraction of sp³-hybridized carbons (Fsp3) is 0.154. The minimum Gasteiger partial charge on any atom is -0.323 e. The number of hydrogen-bond acceptors (Lipinski definition) is 4. The van der Waals surface area contributed by atoms with Crippen LogP contribution >= 0.6 is 11.8 Å². The first kappa shape index (κ1) is 13.7. The number of aromatic nitrogens is 2. The summed E-state index contributed by atoms with van der Waals surface area (Å²) in [6.45, 7) is 0. The molecule has 0 bridgehead atoms. The number of halogens is 2. The second kappa shape index (κ2) is 4.96. The van der Waals surface area contributed by atoms with Crippen LogP contribution in [0, 0.1) is 11.6 Å². The van der Waals surface area contributed by atoms with Crippen molar-refractivity contribution in [2.45, 2.75) is 16.6 Å². The average molecular weight is 310 g/mol. The summed E-state index contributed by atoms with van der Waals surface area (Å²) in [5.74, 6) is -2.05. The minimum atomic E-state index is -0.842. The Bertz CT molecular complexity index is 859. The lowest BCUT2D eigenvalue weighted by atomic mass is 10.0. The van der Waals surface area contributed by atoms with Gasteiger partial charge in [0.05, 0.1) is 10.1 Å². The summed E-state index contributed by atoms with van der Waals surface area (Å²) in [4.78, 5) is 39.0. The molecule has 0 fully saturated rings. The number of fused-ring (bicyclic) bond motifs is 1. The number of ketones is 1. The van der Waals surface area contributed by atoms with E-state index in [2.05, 4.69) is 9.97 Å². The van der Waals surface area contributed by atoms with Crippen molar-refractivity contribution >= 4 is 17.5 Å². The van der Waals surface area contributed by atoms with Crippen molar-refractivity contribution in [2.75, 3.05) is 0 Å². The zero-order valence-electron chi connectivity index (χ0n) is 10.4. The monoisotopic (exact) mass is 310 g/mol. The molecule has 0 saturated heterocycles. The summed E-state index contributed by atoms with van der Waals surface area (Å²) in [7, 11) is 0.